The molecule has 106 valence electrons. The van der Waals surface area contributed by atoms with Crippen molar-refractivity contribution in [2.45, 2.75) is 13.5 Å². The van der Waals surface area contributed by atoms with Crippen LogP contribution in [0.15, 0.2) is 24.3 Å². The molecule has 6 heteroatoms. The number of halogens is 1. The van der Waals surface area contributed by atoms with Crippen LogP contribution in [-0.4, -0.2) is 44.7 Å². The second-order valence-corrected chi connectivity index (χ2v) is 7.48. The quantitative estimate of drug-likeness (QED) is 0.874. The predicted molar refractivity (Wildman–Crippen MR) is 76.9 cm³/mol. The van der Waals surface area contributed by atoms with E-state index in [9.17, 15) is 8.42 Å². The van der Waals surface area contributed by atoms with Crippen LogP contribution in [0.1, 0.15) is 12.5 Å². The van der Waals surface area contributed by atoms with Gasteiger partial charge in [-0.15, -0.1) is 0 Å². The van der Waals surface area contributed by atoms with Crippen LogP contribution in [-0.2, 0) is 16.6 Å². The molecule has 1 aliphatic rings. The summed E-state index contributed by atoms with van der Waals surface area (Å²) in [5.74, 6) is 0.187. The van der Waals surface area contributed by atoms with E-state index < -0.39 is 10.0 Å². The third-order valence-corrected chi connectivity index (χ3v) is 5.84. The summed E-state index contributed by atoms with van der Waals surface area (Å²) in [5.41, 5.74) is 1.13. The lowest BCUT2D eigenvalue weighted by molar-refractivity contribution is -0.917. The molecule has 19 heavy (non-hydrogen) atoms. The van der Waals surface area contributed by atoms with Gasteiger partial charge in [-0.3, -0.25) is 0 Å². The molecule has 1 aromatic rings. The highest BCUT2D eigenvalue weighted by Gasteiger charge is 2.27. The maximum Gasteiger partial charge on any atom is 0.214 e. The summed E-state index contributed by atoms with van der Waals surface area (Å²) in [7, 11) is -3.03. The van der Waals surface area contributed by atoms with Gasteiger partial charge in [0.05, 0.1) is 31.9 Å². The van der Waals surface area contributed by atoms with Gasteiger partial charge in [0.25, 0.3) is 0 Å². The number of sulfonamides is 1. The fourth-order valence-electron chi connectivity index (χ4n) is 2.35. The Labute approximate surface area is 120 Å². The van der Waals surface area contributed by atoms with Crippen molar-refractivity contribution in [2.75, 3.05) is 31.9 Å². The number of rotatable bonds is 4. The van der Waals surface area contributed by atoms with Gasteiger partial charge in [0.15, 0.2) is 0 Å². The summed E-state index contributed by atoms with van der Waals surface area (Å²) in [6.07, 6.45) is 0. The zero-order valence-corrected chi connectivity index (χ0v) is 12.7. The Bertz CT molecular complexity index is 525. The SMILES string of the molecule is CCS(=O)(=O)N1CC[NH+](Cc2ccccc2Cl)CC1. The highest BCUT2D eigenvalue weighted by Crippen LogP contribution is 2.13. The third-order valence-electron chi connectivity index (χ3n) is 3.59. The minimum Gasteiger partial charge on any atom is -0.329 e. The molecule has 0 atom stereocenters. The summed E-state index contributed by atoms with van der Waals surface area (Å²) < 4.78 is 25.1. The van der Waals surface area contributed by atoms with Crippen LogP contribution in [0.2, 0.25) is 5.02 Å². The van der Waals surface area contributed by atoms with Crippen LogP contribution in [0.25, 0.3) is 0 Å². The van der Waals surface area contributed by atoms with E-state index in [4.69, 9.17) is 11.6 Å². The van der Waals surface area contributed by atoms with Gasteiger partial charge in [-0.25, -0.2) is 8.42 Å². The van der Waals surface area contributed by atoms with Gasteiger partial charge in [-0.2, -0.15) is 4.31 Å². The van der Waals surface area contributed by atoms with Gasteiger partial charge in [0.2, 0.25) is 10.0 Å². The molecule has 0 radical (unpaired) electrons. The molecule has 1 fully saturated rings. The number of piperazine rings is 1. The first kappa shape index (κ1) is 14.8. The molecule has 0 aromatic heterocycles. The Morgan fingerprint density at radius 1 is 1.26 bits per heavy atom. The van der Waals surface area contributed by atoms with Gasteiger partial charge in [-0.05, 0) is 13.0 Å². The predicted octanol–water partition coefficient (Wildman–Crippen LogP) is 0.390. The van der Waals surface area contributed by atoms with Crippen molar-refractivity contribution in [3.8, 4) is 0 Å². The van der Waals surface area contributed by atoms with E-state index in [0.29, 0.717) is 13.1 Å². The molecule has 4 nitrogen and oxygen atoms in total. The Balaban J connectivity index is 1.93. The summed E-state index contributed by atoms with van der Waals surface area (Å²) in [4.78, 5) is 1.38. The molecule has 0 amide bonds. The zero-order chi connectivity index (χ0) is 13.9. The summed E-state index contributed by atoms with van der Waals surface area (Å²) in [6, 6.07) is 7.84. The number of benzene rings is 1. The smallest absolute Gasteiger partial charge is 0.214 e. The van der Waals surface area contributed by atoms with Crippen molar-refractivity contribution in [2.24, 2.45) is 0 Å². The van der Waals surface area contributed by atoms with Crippen LogP contribution in [0.4, 0.5) is 0 Å². The van der Waals surface area contributed by atoms with E-state index in [1.54, 1.807) is 11.2 Å². The Morgan fingerprint density at radius 3 is 2.47 bits per heavy atom. The molecule has 1 N–H and O–H groups in total. The highest BCUT2D eigenvalue weighted by atomic mass is 35.5. The lowest BCUT2D eigenvalue weighted by Crippen LogP contribution is -3.13. The number of quaternary nitrogens is 1. The average molecular weight is 304 g/mol. The van der Waals surface area contributed by atoms with Gasteiger partial charge in [0.1, 0.15) is 6.54 Å². The van der Waals surface area contributed by atoms with Gasteiger partial charge in [0, 0.05) is 10.6 Å². The fraction of sp³-hybridized carbons (Fsp3) is 0.538. The Hall–Kier alpha value is -0.620. The van der Waals surface area contributed by atoms with Crippen LogP contribution in [0.5, 0.6) is 0 Å². The van der Waals surface area contributed by atoms with Crippen molar-refractivity contribution in [1.29, 1.82) is 0 Å². The van der Waals surface area contributed by atoms with Crippen LogP contribution >= 0.6 is 11.6 Å². The van der Waals surface area contributed by atoms with Gasteiger partial charge >= 0.3 is 0 Å². The normalized spacial score (nSPS) is 18.6. The third kappa shape index (κ3) is 3.69. The molecular weight excluding hydrogens is 284 g/mol. The minimum atomic E-state index is -3.03. The van der Waals surface area contributed by atoms with Crippen molar-refractivity contribution >= 4 is 21.6 Å². The highest BCUT2D eigenvalue weighted by molar-refractivity contribution is 7.89. The lowest BCUT2D eigenvalue weighted by Gasteiger charge is -2.31. The lowest BCUT2D eigenvalue weighted by atomic mass is 10.2. The monoisotopic (exact) mass is 303 g/mol. The maximum absolute atomic E-state index is 11.8. The number of nitrogens with zero attached hydrogens (tertiary/aromatic N) is 1. The first-order valence-corrected chi connectivity index (χ1v) is 8.56. The maximum atomic E-state index is 11.8. The summed E-state index contributed by atoms with van der Waals surface area (Å²) in [6.45, 7) is 5.44. The van der Waals surface area contributed by atoms with Crippen LogP contribution < -0.4 is 4.90 Å². The molecule has 0 saturated carbocycles. The molecule has 1 saturated heterocycles. The Kier molecular flexibility index (Phi) is 4.84. The summed E-state index contributed by atoms with van der Waals surface area (Å²) >= 11 is 6.15. The van der Waals surface area contributed by atoms with E-state index in [1.807, 2.05) is 24.3 Å². The second kappa shape index (κ2) is 6.22. The van der Waals surface area contributed by atoms with Crippen molar-refractivity contribution in [3.05, 3.63) is 34.9 Å². The molecule has 0 spiro atoms. The molecule has 1 aliphatic heterocycles. The van der Waals surface area contributed by atoms with Crippen molar-refractivity contribution in [1.82, 2.24) is 4.31 Å². The fourth-order valence-corrected chi connectivity index (χ4v) is 3.66. The molecule has 2 rings (SSSR count). The van der Waals surface area contributed by atoms with Crippen molar-refractivity contribution < 1.29 is 13.3 Å². The van der Waals surface area contributed by atoms with E-state index >= 15 is 0 Å². The minimum absolute atomic E-state index is 0.187. The molecular formula is C13H20ClN2O2S+. The number of nitrogens with one attached hydrogen (secondary N) is 1. The summed E-state index contributed by atoms with van der Waals surface area (Å²) in [5, 5.41) is 0.790. The largest absolute Gasteiger partial charge is 0.329 e. The van der Waals surface area contributed by atoms with E-state index in [1.165, 1.54) is 4.90 Å². The molecule has 0 unspecified atom stereocenters. The van der Waals surface area contributed by atoms with E-state index in [0.717, 1.165) is 30.2 Å². The van der Waals surface area contributed by atoms with Gasteiger partial charge in [-0.1, -0.05) is 29.8 Å². The molecule has 0 aliphatic carbocycles. The van der Waals surface area contributed by atoms with Crippen LogP contribution in [0.3, 0.4) is 0 Å². The average Bonchev–Trinajstić information content (AvgIpc) is 2.42. The topological polar surface area (TPSA) is 41.8 Å². The van der Waals surface area contributed by atoms with E-state index in [-0.39, 0.29) is 5.75 Å². The van der Waals surface area contributed by atoms with Gasteiger partial charge < -0.3 is 4.90 Å². The molecule has 0 bridgehead atoms. The van der Waals surface area contributed by atoms with Crippen LogP contribution in [0, 0.1) is 0 Å². The second-order valence-electron chi connectivity index (χ2n) is 4.82. The standard InChI is InChI=1S/C13H19ClN2O2S/c1-2-19(17,18)16-9-7-15(8-10-16)11-12-5-3-4-6-13(12)14/h3-6H,2,7-11H2,1H3/p+1. The Morgan fingerprint density at radius 2 is 1.89 bits per heavy atom. The van der Waals surface area contributed by atoms with E-state index in [2.05, 4.69) is 0 Å². The molecule has 1 heterocycles. The first-order chi connectivity index (χ1) is 9.03. The molecule has 1 aromatic carbocycles. The zero-order valence-electron chi connectivity index (χ0n) is 11.1. The number of hydrogen-bond donors (Lipinski definition) is 1. The number of hydrogen-bond acceptors (Lipinski definition) is 2. The van der Waals surface area contributed by atoms with Crippen molar-refractivity contribution in [3.63, 3.8) is 0 Å². The first-order valence-electron chi connectivity index (χ1n) is 6.57.